The van der Waals surface area contributed by atoms with E-state index in [-0.39, 0.29) is 22.6 Å². The molecule has 0 saturated carbocycles. The van der Waals surface area contributed by atoms with Crippen molar-refractivity contribution in [3.8, 4) is 11.1 Å². The van der Waals surface area contributed by atoms with E-state index in [0.29, 0.717) is 53.3 Å². The van der Waals surface area contributed by atoms with Gasteiger partial charge in [0.1, 0.15) is 5.82 Å². The Hall–Kier alpha value is -4.76. The molecule has 1 atom stereocenters. The van der Waals surface area contributed by atoms with Gasteiger partial charge in [-0.2, -0.15) is 0 Å². The number of aryl methyl sites for hydroxylation is 2. The summed E-state index contributed by atoms with van der Waals surface area (Å²) in [5, 5.41) is 13.5. The number of benzene rings is 3. The van der Waals surface area contributed by atoms with Crippen LogP contribution in [0.1, 0.15) is 81.6 Å². The maximum absolute atomic E-state index is 13.8. The van der Waals surface area contributed by atoms with Gasteiger partial charge in [0.25, 0.3) is 5.91 Å². The number of carbonyl (C=O) groups excluding carboxylic acids is 2. The lowest BCUT2D eigenvalue weighted by atomic mass is 9.95. The molecule has 3 aromatic carbocycles. The topological polar surface area (TPSA) is 114 Å². The number of carboxylic acids is 1. The third-order valence-corrected chi connectivity index (χ3v) is 9.11. The number of aromatic nitrogens is 3. The quantitative estimate of drug-likeness (QED) is 0.134. The Morgan fingerprint density at radius 3 is 2.45 bits per heavy atom. The first-order valence-electron chi connectivity index (χ1n) is 15.9. The Morgan fingerprint density at radius 2 is 1.77 bits per heavy atom. The van der Waals surface area contributed by atoms with Crippen LogP contribution in [0.3, 0.4) is 0 Å². The van der Waals surface area contributed by atoms with Crippen molar-refractivity contribution in [2.75, 3.05) is 5.75 Å². The van der Waals surface area contributed by atoms with Gasteiger partial charge in [-0.05, 0) is 72.2 Å². The molecule has 0 aliphatic rings. The number of amides is 1. The highest BCUT2D eigenvalue weighted by Gasteiger charge is 2.23. The van der Waals surface area contributed by atoms with Gasteiger partial charge >= 0.3 is 5.97 Å². The van der Waals surface area contributed by atoms with Gasteiger partial charge in [0.05, 0.1) is 23.1 Å². The fourth-order valence-corrected chi connectivity index (χ4v) is 6.78. The zero-order valence-electron chi connectivity index (χ0n) is 27.2. The molecule has 0 aliphatic heterocycles. The van der Waals surface area contributed by atoms with Gasteiger partial charge in [-0.1, -0.05) is 81.1 Å². The van der Waals surface area contributed by atoms with E-state index in [0.717, 1.165) is 34.4 Å². The number of thioether (sulfide) groups is 1. The van der Waals surface area contributed by atoms with Gasteiger partial charge in [0.15, 0.2) is 0 Å². The predicted octanol–water partition coefficient (Wildman–Crippen LogP) is 7.82. The Labute approximate surface area is 279 Å². The average Bonchev–Trinajstić information content (AvgIpc) is 3.41. The molecule has 8 nitrogen and oxygen atoms in total. The van der Waals surface area contributed by atoms with Crippen LogP contribution in [0.25, 0.3) is 22.2 Å². The lowest BCUT2D eigenvalue weighted by molar-refractivity contribution is 0.0696. The van der Waals surface area contributed by atoms with Gasteiger partial charge in [0.2, 0.25) is 5.12 Å². The SMILES string of the molecule is CCCc1nc2c(C)cc(C(=O)N[C@@H](CSC(=O)c3cccnc3)CC(C)C)cc2n1Cc1cccc(-c2ccccc2)c1C(=O)O. The van der Waals surface area contributed by atoms with Crippen molar-refractivity contribution in [3.05, 3.63) is 119 Å². The summed E-state index contributed by atoms with van der Waals surface area (Å²) >= 11 is 1.18. The number of hydrogen-bond acceptors (Lipinski definition) is 6. The van der Waals surface area contributed by atoms with Crippen LogP contribution in [0.2, 0.25) is 0 Å². The largest absolute Gasteiger partial charge is 0.478 e. The molecule has 9 heteroatoms. The third kappa shape index (κ3) is 7.97. The molecule has 5 aromatic rings. The second kappa shape index (κ2) is 15.2. The molecule has 47 heavy (non-hydrogen) atoms. The fraction of sp³-hybridized carbons (Fsp3) is 0.289. The van der Waals surface area contributed by atoms with Crippen LogP contribution in [0, 0.1) is 12.8 Å². The molecular formula is C38H40N4O4S. The summed E-state index contributed by atoms with van der Waals surface area (Å²) in [6, 6.07) is 22.1. The van der Waals surface area contributed by atoms with Crippen LogP contribution in [0.5, 0.6) is 0 Å². The highest BCUT2D eigenvalue weighted by atomic mass is 32.2. The van der Waals surface area contributed by atoms with E-state index >= 15 is 0 Å². The molecule has 1 amide bonds. The van der Waals surface area contributed by atoms with E-state index in [4.69, 9.17) is 4.98 Å². The number of nitrogens with one attached hydrogen (secondary N) is 1. The van der Waals surface area contributed by atoms with Gasteiger partial charge in [-0.25, -0.2) is 9.78 Å². The van der Waals surface area contributed by atoms with Crippen molar-refractivity contribution >= 4 is 39.8 Å². The van der Waals surface area contributed by atoms with Gasteiger partial charge < -0.3 is 15.0 Å². The lowest BCUT2D eigenvalue weighted by Crippen LogP contribution is -2.38. The maximum Gasteiger partial charge on any atom is 0.336 e. The van der Waals surface area contributed by atoms with E-state index in [1.807, 2.05) is 72.2 Å². The predicted molar refractivity (Wildman–Crippen MR) is 188 cm³/mol. The molecule has 5 rings (SSSR count). The second-order valence-electron chi connectivity index (χ2n) is 12.2. The average molecular weight is 649 g/mol. The van der Waals surface area contributed by atoms with Crippen molar-refractivity contribution < 1.29 is 19.5 Å². The first-order chi connectivity index (χ1) is 22.7. The van der Waals surface area contributed by atoms with Crippen LogP contribution in [-0.2, 0) is 13.0 Å². The zero-order chi connectivity index (χ0) is 33.5. The molecule has 2 aromatic heterocycles. The van der Waals surface area contributed by atoms with Crippen LogP contribution in [0.15, 0.2) is 85.2 Å². The Morgan fingerprint density at radius 1 is 0.979 bits per heavy atom. The Kier molecular flexibility index (Phi) is 10.9. The van der Waals surface area contributed by atoms with Crippen molar-refractivity contribution in [2.24, 2.45) is 5.92 Å². The zero-order valence-corrected chi connectivity index (χ0v) is 28.0. The minimum absolute atomic E-state index is 0.0808. The molecule has 2 N–H and O–H groups in total. The van der Waals surface area contributed by atoms with Crippen LogP contribution in [-0.4, -0.2) is 48.4 Å². The van der Waals surface area contributed by atoms with E-state index in [9.17, 15) is 19.5 Å². The monoisotopic (exact) mass is 648 g/mol. The highest BCUT2D eigenvalue weighted by Crippen LogP contribution is 2.30. The third-order valence-electron chi connectivity index (χ3n) is 8.04. The van der Waals surface area contributed by atoms with Crippen molar-refractivity contribution in [1.29, 1.82) is 0 Å². The number of pyridine rings is 1. The first-order valence-corrected chi connectivity index (χ1v) is 16.9. The molecule has 242 valence electrons. The molecule has 0 aliphatic carbocycles. The maximum atomic E-state index is 13.8. The summed E-state index contributed by atoms with van der Waals surface area (Å²) in [6.07, 6.45) is 5.46. The molecule has 0 radical (unpaired) electrons. The molecule has 0 bridgehead atoms. The number of hydrogen-bond donors (Lipinski definition) is 2. The van der Waals surface area contributed by atoms with E-state index < -0.39 is 5.97 Å². The number of imidazole rings is 1. The summed E-state index contributed by atoms with van der Waals surface area (Å²) in [5.41, 5.74) is 5.86. The van der Waals surface area contributed by atoms with Crippen molar-refractivity contribution in [1.82, 2.24) is 19.9 Å². The lowest BCUT2D eigenvalue weighted by Gasteiger charge is -2.20. The standard InChI is InChI=1S/C38H40N4O4S/c1-5-11-33-41-35-25(4)19-29(36(43)40-30(18-24(2)3)23-47-38(46)27-15-10-17-39-21-27)20-32(35)42(33)22-28-14-9-16-31(34(28)37(44)45)26-12-7-6-8-13-26/h6-10,12-17,19-21,24,30H,5,11,18,22-23H2,1-4H3,(H,40,43)(H,44,45)/t30-/m1/s1. The van der Waals surface area contributed by atoms with Gasteiger partial charge in [-0.15, -0.1) is 0 Å². The molecule has 2 heterocycles. The summed E-state index contributed by atoms with van der Waals surface area (Å²) < 4.78 is 2.05. The first kappa shape index (κ1) is 33.6. The molecular weight excluding hydrogens is 609 g/mol. The summed E-state index contributed by atoms with van der Waals surface area (Å²) in [5.74, 6) is 0.373. The number of rotatable bonds is 13. The molecule has 0 saturated heterocycles. The summed E-state index contributed by atoms with van der Waals surface area (Å²) in [7, 11) is 0. The number of nitrogens with zero attached hydrogens (tertiary/aromatic N) is 3. The molecule has 0 spiro atoms. The Bertz CT molecular complexity index is 1890. The molecule has 0 fully saturated rings. The van der Waals surface area contributed by atoms with E-state index in [2.05, 4.69) is 31.1 Å². The van der Waals surface area contributed by atoms with Crippen LogP contribution >= 0.6 is 11.8 Å². The van der Waals surface area contributed by atoms with Crippen LogP contribution < -0.4 is 5.32 Å². The van der Waals surface area contributed by atoms with Crippen molar-refractivity contribution in [3.63, 3.8) is 0 Å². The summed E-state index contributed by atoms with van der Waals surface area (Å²) in [6.45, 7) is 8.50. The minimum Gasteiger partial charge on any atom is -0.478 e. The second-order valence-corrected chi connectivity index (χ2v) is 13.2. The highest BCUT2D eigenvalue weighted by molar-refractivity contribution is 8.14. The van der Waals surface area contributed by atoms with Gasteiger partial charge in [0, 0.05) is 41.7 Å². The minimum atomic E-state index is -0.992. The summed E-state index contributed by atoms with van der Waals surface area (Å²) in [4.78, 5) is 48.2. The number of aromatic carboxylic acids is 1. The fourth-order valence-electron chi connectivity index (χ4n) is 5.93. The number of carbonyl (C=O) groups is 3. The Balaban J connectivity index is 1.48. The van der Waals surface area contributed by atoms with Crippen molar-refractivity contribution in [2.45, 2.75) is 59.5 Å². The van der Waals surface area contributed by atoms with Crippen LogP contribution in [0.4, 0.5) is 0 Å². The smallest absolute Gasteiger partial charge is 0.336 e. The van der Waals surface area contributed by atoms with Gasteiger partial charge in [-0.3, -0.25) is 14.6 Å². The normalized spacial score (nSPS) is 11.9. The molecule has 0 unspecified atom stereocenters. The number of carboxylic acid groups (broad SMARTS) is 1. The van der Waals surface area contributed by atoms with E-state index in [1.54, 1.807) is 24.5 Å². The van der Waals surface area contributed by atoms with E-state index in [1.165, 1.54) is 11.8 Å². The number of fused-ring (bicyclic) bond motifs is 1.